The standard InChI is InChI=1S/C21H19N3S/c1-3-15-9-6-12-18-17(15)11-7-13-19(18)24-20(22-23-21(24)25)16-10-5-4-8-14(16)2/h4-13H,3H2,1-2H3,(H,23,25). The zero-order valence-corrected chi connectivity index (χ0v) is 15.1. The number of nitrogens with one attached hydrogen (secondary N) is 1. The highest BCUT2D eigenvalue weighted by molar-refractivity contribution is 7.71. The summed E-state index contributed by atoms with van der Waals surface area (Å²) in [5.41, 5.74) is 4.65. The molecule has 1 heterocycles. The van der Waals surface area contributed by atoms with E-state index in [1.807, 2.05) is 16.7 Å². The molecule has 3 nitrogen and oxygen atoms in total. The molecule has 0 amide bonds. The van der Waals surface area contributed by atoms with Gasteiger partial charge in [-0.3, -0.25) is 9.67 Å². The van der Waals surface area contributed by atoms with Gasteiger partial charge in [0.15, 0.2) is 10.6 Å². The van der Waals surface area contributed by atoms with Gasteiger partial charge < -0.3 is 0 Å². The number of H-pyrrole nitrogens is 1. The highest BCUT2D eigenvalue weighted by atomic mass is 32.1. The predicted octanol–water partition coefficient (Wildman–Crippen LogP) is 5.62. The number of benzene rings is 3. The quantitative estimate of drug-likeness (QED) is 0.489. The Bertz CT molecular complexity index is 1120. The lowest BCUT2D eigenvalue weighted by atomic mass is 10.0. The van der Waals surface area contributed by atoms with Gasteiger partial charge in [0, 0.05) is 10.9 Å². The van der Waals surface area contributed by atoms with Gasteiger partial charge in [0.1, 0.15) is 0 Å². The molecular formula is C21H19N3S. The summed E-state index contributed by atoms with van der Waals surface area (Å²) in [5.74, 6) is 0.845. The van der Waals surface area contributed by atoms with Crippen LogP contribution in [-0.4, -0.2) is 14.8 Å². The number of aryl methyl sites for hydroxylation is 2. The molecule has 0 bridgehead atoms. The van der Waals surface area contributed by atoms with Crippen molar-refractivity contribution in [2.24, 2.45) is 0 Å². The summed E-state index contributed by atoms with van der Waals surface area (Å²) in [6.07, 6.45) is 1.00. The van der Waals surface area contributed by atoms with E-state index < -0.39 is 0 Å². The Hall–Kier alpha value is -2.72. The molecular weight excluding hydrogens is 326 g/mol. The second-order valence-electron chi connectivity index (χ2n) is 6.15. The van der Waals surface area contributed by atoms with Crippen LogP contribution in [0.1, 0.15) is 18.1 Å². The van der Waals surface area contributed by atoms with Crippen molar-refractivity contribution in [3.8, 4) is 17.1 Å². The van der Waals surface area contributed by atoms with Crippen LogP contribution < -0.4 is 0 Å². The van der Waals surface area contributed by atoms with E-state index in [1.54, 1.807) is 0 Å². The lowest BCUT2D eigenvalue weighted by molar-refractivity contribution is 1.04. The Morgan fingerprint density at radius 2 is 1.72 bits per heavy atom. The second kappa shape index (κ2) is 6.30. The van der Waals surface area contributed by atoms with Crippen molar-refractivity contribution < 1.29 is 0 Å². The Morgan fingerprint density at radius 1 is 0.960 bits per heavy atom. The van der Waals surface area contributed by atoms with Gasteiger partial charge in [0.25, 0.3) is 0 Å². The largest absolute Gasteiger partial charge is 0.268 e. The van der Waals surface area contributed by atoms with Crippen LogP contribution >= 0.6 is 12.2 Å². The van der Waals surface area contributed by atoms with Crippen LogP contribution in [0.2, 0.25) is 0 Å². The van der Waals surface area contributed by atoms with Crippen LogP contribution in [0.3, 0.4) is 0 Å². The lowest BCUT2D eigenvalue weighted by Crippen LogP contribution is -2.00. The molecule has 0 radical (unpaired) electrons. The lowest BCUT2D eigenvalue weighted by Gasteiger charge is -2.13. The Kier molecular flexibility index (Phi) is 3.98. The summed E-state index contributed by atoms with van der Waals surface area (Å²) in [6.45, 7) is 4.28. The highest BCUT2D eigenvalue weighted by Crippen LogP contribution is 2.30. The van der Waals surface area contributed by atoms with Gasteiger partial charge in [-0.15, -0.1) is 0 Å². The maximum absolute atomic E-state index is 5.57. The van der Waals surface area contributed by atoms with Crippen molar-refractivity contribution in [3.63, 3.8) is 0 Å². The van der Waals surface area contributed by atoms with Gasteiger partial charge in [-0.2, -0.15) is 5.10 Å². The van der Waals surface area contributed by atoms with E-state index in [2.05, 4.69) is 72.6 Å². The molecule has 0 saturated heterocycles. The minimum absolute atomic E-state index is 0.604. The van der Waals surface area contributed by atoms with E-state index in [0.717, 1.165) is 23.5 Å². The fourth-order valence-electron chi connectivity index (χ4n) is 3.39. The molecule has 4 aromatic rings. The monoisotopic (exact) mass is 345 g/mol. The summed E-state index contributed by atoms with van der Waals surface area (Å²) < 4.78 is 2.65. The Morgan fingerprint density at radius 3 is 2.52 bits per heavy atom. The predicted molar refractivity (Wildman–Crippen MR) is 106 cm³/mol. The molecule has 1 N–H and O–H groups in total. The summed E-state index contributed by atoms with van der Waals surface area (Å²) in [6, 6.07) is 21.1. The highest BCUT2D eigenvalue weighted by Gasteiger charge is 2.15. The molecule has 0 unspecified atom stereocenters. The van der Waals surface area contributed by atoms with E-state index in [0.29, 0.717) is 4.77 Å². The molecule has 0 fully saturated rings. The number of rotatable bonds is 3. The first-order valence-electron chi connectivity index (χ1n) is 8.45. The zero-order valence-electron chi connectivity index (χ0n) is 14.3. The van der Waals surface area contributed by atoms with Gasteiger partial charge in [0.2, 0.25) is 0 Å². The fourth-order valence-corrected chi connectivity index (χ4v) is 3.62. The van der Waals surface area contributed by atoms with Crippen LogP contribution in [0.4, 0.5) is 0 Å². The summed E-state index contributed by atoms with van der Waals surface area (Å²) in [7, 11) is 0. The summed E-state index contributed by atoms with van der Waals surface area (Å²) in [5, 5.41) is 9.94. The molecule has 0 saturated carbocycles. The summed E-state index contributed by atoms with van der Waals surface area (Å²) >= 11 is 5.57. The van der Waals surface area contributed by atoms with E-state index in [-0.39, 0.29) is 0 Å². The molecule has 4 rings (SSSR count). The van der Waals surface area contributed by atoms with Crippen molar-refractivity contribution >= 4 is 23.0 Å². The van der Waals surface area contributed by atoms with Crippen molar-refractivity contribution in [2.75, 3.05) is 0 Å². The second-order valence-corrected chi connectivity index (χ2v) is 6.53. The van der Waals surface area contributed by atoms with Crippen molar-refractivity contribution in [1.29, 1.82) is 0 Å². The number of hydrogen-bond donors (Lipinski definition) is 1. The topological polar surface area (TPSA) is 33.6 Å². The zero-order chi connectivity index (χ0) is 17.4. The van der Waals surface area contributed by atoms with E-state index >= 15 is 0 Å². The van der Waals surface area contributed by atoms with Crippen molar-refractivity contribution in [3.05, 3.63) is 76.6 Å². The van der Waals surface area contributed by atoms with Gasteiger partial charge in [-0.05, 0) is 48.1 Å². The SMILES string of the molecule is CCc1cccc2c(-n3c(-c4ccccc4C)n[nH]c3=S)cccc12. The van der Waals surface area contributed by atoms with Gasteiger partial charge in [-0.25, -0.2) is 0 Å². The van der Waals surface area contributed by atoms with Crippen LogP contribution in [0.25, 0.3) is 27.8 Å². The van der Waals surface area contributed by atoms with Crippen LogP contribution in [-0.2, 0) is 6.42 Å². The average Bonchev–Trinajstić information content (AvgIpc) is 3.02. The first-order chi connectivity index (χ1) is 12.2. The normalized spacial score (nSPS) is 11.1. The van der Waals surface area contributed by atoms with Crippen LogP contribution in [0, 0.1) is 11.7 Å². The minimum Gasteiger partial charge on any atom is -0.268 e. The fraction of sp³-hybridized carbons (Fsp3) is 0.143. The molecule has 0 aliphatic carbocycles. The maximum Gasteiger partial charge on any atom is 0.200 e. The first kappa shape index (κ1) is 15.8. The smallest absolute Gasteiger partial charge is 0.200 e. The van der Waals surface area contributed by atoms with E-state index in [4.69, 9.17) is 12.2 Å². The molecule has 0 aliphatic rings. The summed E-state index contributed by atoms with van der Waals surface area (Å²) in [4.78, 5) is 0. The molecule has 0 spiro atoms. The third-order valence-electron chi connectivity index (χ3n) is 4.67. The number of hydrogen-bond acceptors (Lipinski definition) is 2. The number of fused-ring (bicyclic) bond motifs is 1. The number of nitrogens with zero attached hydrogens (tertiary/aromatic N) is 2. The number of aromatic amines is 1. The molecule has 4 heteroatoms. The van der Waals surface area contributed by atoms with Crippen molar-refractivity contribution in [1.82, 2.24) is 14.8 Å². The van der Waals surface area contributed by atoms with E-state index in [9.17, 15) is 0 Å². The van der Waals surface area contributed by atoms with Gasteiger partial charge in [-0.1, -0.05) is 61.5 Å². The molecule has 0 atom stereocenters. The third-order valence-corrected chi connectivity index (χ3v) is 4.94. The van der Waals surface area contributed by atoms with Crippen LogP contribution in [0.5, 0.6) is 0 Å². The molecule has 1 aromatic heterocycles. The van der Waals surface area contributed by atoms with Crippen LogP contribution in [0.15, 0.2) is 60.7 Å². The number of aromatic nitrogens is 3. The first-order valence-corrected chi connectivity index (χ1v) is 8.86. The maximum atomic E-state index is 5.57. The average molecular weight is 345 g/mol. The Balaban J connectivity index is 2.05. The minimum atomic E-state index is 0.604. The molecule has 0 aliphatic heterocycles. The molecule has 3 aromatic carbocycles. The Labute approximate surface area is 152 Å². The third kappa shape index (κ3) is 2.59. The van der Waals surface area contributed by atoms with Crippen molar-refractivity contribution in [2.45, 2.75) is 20.3 Å². The molecule has 124 valence electrons. The van der Waals surface area contributed by atoms with E-state index in [1.165, 1.54) is 21.9 Å². The van der Waals surface area contributed by atoms with Gasteiger partial charge >= 0.3 is 0 Å². The van der Waals surface area contributed by atoms with Gasteiger partial charge in [0.05, 0.1) is 5.69 Å². The molecule has 25 heavy (non-hydrogen) atoms.